The lowest BCUT2D eigenvalue weighted by molar-refractivity contribution is 0.262. The van der Waals surface area contributed by atoms with Gasteiger partial charge in [-0.2, -0.15) is 0 Å². The number of nitrogens with one attached hydrogen (secondary N) is 2. The van der Waals surface area contributed by atoms with Crippen molar-refractivity contribution in [1.82, 2.24) is 0 Å². The Morgan fingerprint density at radius 2 is 1.86 bits per heavy atom. The molecule has 0 aliphatic rings. The van der Waals surface area contributed by atoms with Crippen LogP contribution in [0, 0.1) is 0 Å². The fourth-order valence-corrected chi connectivity index (χ4v) is 1.84. The van der Waals surface area contributed by atoms with Crippen molar-refractivity contribution in [2.75, 3.05) is 17.2 Å². The molecule has 5 heteroatoms. The molecule has 0 bridgehead atoms. The Morgan fingerprint density at radius 3 is 2.52 bits per heavy atom. The van der Waals surface area contributed by atoms with Crippen LogP contribution in [0.5, 0.6) is 5.75 Å². The van der Waals surface area contributed by atoms with E-state index in [0.717, 1.165) is 5.75 Å². The average Bonchev–Trinajstić information content (AvgIpc) is 2.46. The Balaban J connectivity index is 1.91. The third-order valence-electron chi connectivity index (χ3n) is 2.56. The zero-order chi connectivity index (χ0) is 15.1. The van der Waals surface area contributed by atoms with Crippen LogP contribution in [-0.4, -0.2) is 12.6 Å². The van der Waals surface area contributed by atoms with Crippen molar-refractivity contribution in [3.05, 3.63) is 66.2 Å². The number of rotatable bonds is 5. The highest BCUT2D eigenvalue weighted by Crippen LogP contribution is 2.17. The van der Waals surface area contributed by atoms with E-state index in [9.17, 15) is 4.79 Å². The number of hydrogen-bond donors (Lipinski definition) is 2. The first-order valence-electron chi connectivity index (χ1n) is 6.35. The van der Waals surface area contributed by atoms with Gasteiger partial charge >= 0.3 is 6.03 Å². The Morgan fingerprint density at radius 1 is 1.14 bits per heavy atom. The van der Waals surface area contributed by atoms with Crippen molar-refractivity contribution in [2.45, 2.75) is 0 Å². The van der Waals surface area contributed by atoms with Crippen molar-refractivity contribution in [2.24, 2.45) is 0 Å². The highest BCUT2D eigenvalue weighted by molar-refractivity contribution is 6.30. The number of hydrogen-bond acceptors (Lipinski definition) is 2. The summed E-state index contributed by atoms with van der Waals surface area (Å²) in [6, 6.07) is 13.7. The van der Waals surface area contributed by atoms with Crippen LogP contribution in [0.15, 0.2) is 61.2 Å². The summed E-state index contributed by atoms with van der Waals surface area (Å²) in [5, 5.41) is 5.99. The van der Waals surface area contributed by atoms with E-state index in [1.165, 1.54) is 0 Å². The second-order valence-electron chi connectivity index (χ2n) is 4.21. The predicted octanol–water partition coefficient (Wildman–Crippen LogP) is 4.55. The molecule has 4 nitrogen and oxygen atoms in total. The van der Waals surface area contributed by atoms with Gasteiger partial charge in [-0.3, -0.25) is 0 Å². The number of carbonyl (C=O) groups excluding carboxylic acids is 1. The summed E-state index contributed by atoms with van der Waals surface area (Å²) in [5.41, 5.74) is 1.30. The van der Waals surface area contributed by atoms with Crippen LogP contribution in [0.2, 0.25) is 5.02 Å². The molecule has 2 N–H and O–H groups in total. The molecule has 2 aromatic rings. The lowest BCUT2D eigenvalue weighted by Crippen LogP contribution is -2.19. The summed E-state index contributed by atoms with van der Waals surface area (Å²) in [6.07, 6.45) is 1.67. The molecule has 0 aliphatic carbocycles. The maximum absolute atomic E-state index is 11.8. The van der Waals surface area contributed by atoms with Gasteiger partial charge in [-0.05, 0) is 42.5 Å². The van der Waals surface area contributed by atoms with E-state index < -0.39 is 0 Å². The topological polar surface area (TPSA) is 50.4 Å². The quantitative estimate of drug-likeness (QED) is 0.796. The highest BCUT2D eigenvalue weighted by atomic mass is 35.5. The molecular weight excluding hydrogens is 288 g/mol. The standard InChI is InChI=1S/C16H15ClN2O2/c1-2-10-21-15-8-6-13(7-9-15)18-16(20)19-14-5-3-4-12(17)11-14/h2-9,11H,1,10H2,(H2,18,19,20). The van der Waals surface area contributed by atoms with Crippen LogP contribution in [-0.2, 0) is 0 Å². The van der Waals surface area contributed by atoms with E-state index in [-0.39, 0.29) is 6.03 Å². The van der Waals surface area contributed by atoms with E-state index in [2.05, 4.69) is 17.2 Å². The number of carbonyl (C=O) groups is 1. The van der Waals surface area contributed by atoms with Crippen LogP contribution < -0.4 is 15.4 Å². The molecule has 0 radical (unpaired) electrons. The number of urea groups is 1. The fourth-order valence-electron chi connectivity index (χ4n) is 1.65. The highest BCUT2D eigenvalue weighted by Gasteiger charge is 2.03. The van der Waals surface area contributed by atoms with Crippen molar-refractivity contribution in [3.8, 4) is 5.75 Å². The van der Waals surface area contributed by atoms with Crippen LogP contribution in [0.1, 0.15) is 0 Å². The number of anilines is 2. The Hall–Kier alpha value is -2.46. The molecule has 0 heterocycles. The van der Waals surface area contributed by atoms with E-state index >= 15 is 0 Å². The smallest absolute Gasteiger partial charge is 0.323 e. The average molecular weight is 303 g/mol. The third-order valence-corrected chi connectivity index (χ3v) is 2.80. The lowest BCUT2D eigenvalue weighted by Gasteiger charge is -2.09. The largest absolute Gasteiger partial charge is 0.490 e. The van der Waals surface area contributed by atoms with Crippen molar-refractivity contribution < 1.29 is 9.53 Å². The van der Waals surface area contributed by atoms with E-state index in [1.54, 1.807) is 54.6 Å². The number of amides is 2. The fraction of sp³-hybridized carbons (Fsp3) is 0.0625. The Bertz CT molecular complexity index is 626. The Kier molecular flexibility index (Phi) is 5.23. The summed E-state index contributed by atoms with van der Waals surface area (Å²) in [6.45, 7) is 4.03. The van der Waals surface area contributed by atoms with Gasteiger partial charge in [0.15, 0.2) is 0 Å². The molecule has 0 saturated carbocycles. The summed E-state index contributed by atoms with van der Waals surface area (Å²) in [7, 11) is 0. The van der Waals surface area contributed by atoms with E-state index in [4.69, 9.17) is 16.3 Å². The molecule has 0 unspecified atom stereocenters. The van der Waals surface area contributed by atoms with Gasteiger partial charge in [-0.15, -0.1) is 0 Å². The predicted molar refractivity (Wildman–Crippen MR) is 86.2 cm³/mol. The minimum atomic E-state index is -0.336. The molecule has 2 aromatic carbocycles. The SMILES string of the molecule is C=CCOc1ccc(NC(=O)Nc2cccc(Cl)c2)cc1. The summed E-state index contributed by atoms with van der Waals surface area (Å²) < 4.78 is 5.36. The maximum Gasteiger partial charge on any atom is 0.323 e. The molecule has 0 saturated heterocycles. The lowest BCUT2D eigenvalue weighted by atomic mass is 10.3. The number of ether oxygens (including phenoxy) is 1. The molecule has 108 valence electrons. The molecule has 2 amide bonds. The van der Waals surface area contributed by atoms with Crippen LogP contribution in [0.25, 0.3) is 0 Å². The van der Waals surface area contributed by atoms with Crippen LogP contribution in [0.3, 0.4) is 0 Å². The normalized spacial score (nSPS) is 9.76. The minimum Gasteiger partial charge on any atom is -0.490 e. The molecule has 2 rings (SSSR count). The second-order valence-corrected chi connectivity index (χ2v) is 4.65. The van der Waals surface area contributed by atoms with Gasteiger partial charge in [0.1, 0.15) is 12.4 Å². The van der Waals surface area contributed by atoms with Gasteiger partial charge in [-0.25, -0.2) is 4.79 Å². The van der Waals surface area contributed by atoms with E-state index in [1.807, 2.05) is 0 Å². The van der Waals surface area contributed by atoms with Gasteiger partial charge in [0.05, 0.1) is 0 Å². The monoisotopic (exact) mass is 302 g/mol. The molecule has 0 aromatic heterocycles. The van der Waals surface area contributed by atoms with Gasteiger partial charge < -0.3 is 15.4 Å². The molecule has 21 heavy (non-hydrogen) atoms. The zero-order valence-electron chi connectivity index (χ0n) is 11.3. The summed E-state index contributed by atoms with van der Waals surface area (Å²) in [4.78, 5) is 11.8. The number of halogens is 1. The first kappa shape index (κ1) is 14.9. The molecule has 0 atom stereocenters. The van der Waals surface area contributed by atoms with E-state index in [0.29, 0.717) is 23.0 Å². The van der Waals surface area contributed by atoms with Gasteiger partial charge in [0.2, 0.25) is 0 Å². The molecule has 0 aliphatic heterocycles. The maximum atomic E-state index is 11.8. The third kappa shape index (κ3) is 4.85. The summed E-state index contributed by atoms with van der Waals surface area (Å²) in [5.74, 6) is 0.718. The van der Waals surface area contributed by atoms with Crippen LogP contribution >= 0.6 is 11.6 Å². The van der Waals surface area contributed by atoms with Crippen molar-refractivity contribution >= 4 is 29.0 Å². The second kappa shape index (κ2) is 7.36. The van der Waals surface area contributed by atoms with Gasteiger partial charge in [0, 0.05) is 16.4 Å². The molecule has 0 fully saturated rings. The van der Waals surface area contributed by atoms with Gasteiger partial charge in [0.25, 0.3) is 0 Å². The van der Waals surface area contributed by atoms with Crippen LogP contribution in [0.4, 0.5) is 16.2 Å². The van der Waals surface area contributed by atoms with Crippen molar-refractivity contribution in [1.29, 1.82) is 0 Å². The first-order valence-corrected chi connectivity index (χ1v) is 6.72. The molecule has 0 spiro atoms. The van der Waals surface area contributed by atoms with Gasteiger partial charge in [-0.1, -0.05) is 30.3 Å². The molecular formula is C16H15ClN2O2. The minimum absolute atomic E-state index is 0.336. The first-order chi connectivity index (χ1) is 10.2. The number of benzene rings is 2. The zero-order valence-corrected chi connectivity index (χ0v) is 12.1. The van der Waals surface area contributed by atoms with Crippen molar-refractivity contribution in [3.63, 3.8) is 0 Å². The summed E-state index contributed by atoms with van der Waals surface area (Å²) >= 11 is 5.85. The Labute approximate surface area is 128 Å².